The molecule has 0 fully saturated rings. The van der Waals surface area contributed by atoms with Gasteiger partial charge in [-0.3, -0.25) is 0 Å². The second-order valence-electron chi connectivity index (χ2n) is 36.8. The van der Waals surface area contributed by atoms with Gasteiger partial charge in [0.1, 0.15) is 57.2 Å². The molecule has 110 heavy (non-hydrogen) atoms. The summed E-state index contributed by atoms with van der Waals surface area (Å²) in [6.45, 7) is 52.2. The van der Waals surface area contributed by atoms with Gasteiger partial charge in [0.2, 0.25) is 11.8 Å². The first-order chi connectivity index (χ1) is 52.3. The summed E-state index contributed by atoms with van der Waals surface area (Å²) in [7, 11) is -2.64. The Bertz CT molecular complexity index is 5230. The van der Waals surface area contributed by atoms with Crippen molar-refractivity contribution in [1.82, 2.24) is 18.9 Å². The van der Waals surface area contributed by atoms with E-state index >= 15 is 0 Å². The number of nitrogens with zero attached hydrogens (tertiary/aromatic N) is 6. The van der Waals surface area contributed by atoms with Gasteiger partial charge in [-0.2, -0.15) is 5.26 Å². The highest BCUT2D eigenvalue weighted by atomic mass is 16.7. The zero-order valence-electron chi connectivity index (χ0n) is 67.7. The Hall–Kier alpha value is -10.3. The molecule has 0 saturated carbocycles. The predicted molar refractivity (Wildman–Crippen MR) is 447 cm³/mol. The molecule has 6 atom stereocenters. The maximum Gasteiger partial charge on any atom is 0.743 e. The van der Waals surface area contributed by atoms with Gasteiger partial charge in [-0.25, -0.2) is 14.8 Å². The molecule has 16 heteroatoms. The monoisotopic (exact) mass is 1470 g/mol. The minimum absolute atomic E-state index is 0.0274. The Labute approximate surface area is 649 Å². The van der Waals surface area contributed by atoms with E-state index < -0.39 is 14.5 Å². The van der Waals surface area contributed by atoms with Crippen LogP contribution in [0, 0.1) is 88.9 Å². The Morgan fingerprint density at radius 3 is 1.25 bits per heavy atom. The summed E-state index contributed by atoms with van der Waals surface area (Å²) >= 11 is 0. The van der Waals surface area contributed by atoms with Crippen molar-refractivity contribution in [1.29, 1.82) is 5.26 Å². The molecule has 14 rings (SSSR count). The van der Waals surface area contributed by atoms with Crippen molar-refractivity contribution >= 4 is 80.3 Å². The summed E-state index contributed by atoms with van der Waals surface area (Å²) in [4.78, 5) is 15.0. The molecule has 0 spiro atoms. The van der Waals surface area contributed by atoms with Crippen LogP contribution in [0.1, 0.15) is 185 Å². The quantitative estimate of drug-likeness (QED) is 0.0421. The number of hydrogen-bond acceptors (Lipinski definition) is 11. The number of nitriles is 1. The van der Waals surface area contributed by atoms with E-state index in [-0.39, 0.29) is 56.5 Å². The molecule has 2 aliphatic heterocycles. The first kappa shape index (κ1) is 76.5. The Morgan fingerprint density at radius 1 is 0.473 bits per heavy atom. The van der Waals surface area contributed by atoms with E-state index in [9.17, 15) is 11.8 Å². The molecule has 2 aliphatic rings. The fourth-order valence-electron chi connectivity index (χ4n) is 17.5. The van der Waals surface area contributed by atoms with Gasteiger partial charge in [0.05, 0.1) is 41.9 Å². The summed E-state index contributed by atoms with van der Waals surface area (Å²) in [5.74, 6) is 5.54. The largest absolute Gasteiger partial charge is 0.743 e. The van der Waals surface area contributed by atoms with Crippen LogP contribution in [-0.2, 0) is 0 Å². The van der Waals surface area contributed by atoms with Crippen LogP contribution < -0.4 is 38.8 Å². The molecule has 0 bridgehead atoms. The number of aromatic nitrogens is 4. The predicted octanol–water partition coefficient (Wildman–Crippen LogP) is 23.2. The lowest BCUT2D eigenvalue weighted by Gasteiger charge is -2.31. The van der Waals surface area contributed by atoms with Crippen LogP contribution >= 0.6 is 0 Å². The van der Waals surface area contributed by atoms with Crippen molar-refractivity contribution in [2.45, 2.75) is 176 Å². The van der Waals surface area contributed by atoms with Gasteiger partial charge in [-0.1, -0.05) is 209 Å². The van der Waals surface area contributed by atoms with Crippen molar-refractivity contribution < 1.29 is 36.9 Å². The lowest BCUT2D eigenvalue weighted by molar-refractivity contribution is 0.147. The third-order valence-corrected chi connectivity index (χ3v) is 21.9. The maximum atomic E-state index is 12.6. The molecule has 0 radical (unpaired) electrons. The average molecular weight is 1470 g/mol. The molecule has 0 N–H and O–H groups in total. The van der Waals surface area contributed by atoms with Crippen molar-refractivity contribution in [2.75, 3.05) is 13.2 Å². The van der Waals surface area contributed by atoms with E-state index in [2.05, 4.69) is 158 Å². The molecule has 14 nitrogen and oxygen atoms in total. The zero-order valence-corrected chi connectivity index (χ0v) is 67.7. The van der Waals surface area contributed by atoms with Crippen LogP contribution in [0.3, 0.4) is 0 Å². The molecule has 566 valence electrons. The van der Waals surface area contributed by atoms with Crippen LogP contribution in [0.5, 0.6) is 34.5 Å². The lowest BCUT2D eigenvalue weighted by atomic mass is 9.76. The van der Waals surface area contributed by atoms with Crippen LogP contribution in [0.15, 0.2) is 167 Å². The van der Waals surface area contributed by atoms with E-state index in [0.29, 0.717) is 138 Å². The van der Waals surface area contributed by atoms with E-state index in [1.807, 2.05) is 144 Å². The van der Waals surface area contributed by atoms with Crippen molar-refractivity contribution in [3.8, 4) is 63.1 Å². The first-order valence-corrected chi connectivity index (χ1v) is 39.6. The number of aryl methyl sites for hydroxylation is 2. The minimum Gasteiger partial charge on any atom is -0.503 e. The number of hydrogen-bond donors (Lipinski definition) is 0. The maximum absolute atomic E-state index is 12.6. The fourth-order valence-corrected chi connectivity index (χ4v) is 17.5. The molecule has 6 heterocycles. The number of oxazole rings is 2. The third-order valence-electron chi connectivity index (χ3n) is 21.9. The van der Waals surface area contributed by atoms with Gasteiger partial charge in [-0.05, 0) is 215 Å². The van der Waals surface area contributed by atoms with E-state index in [4.69, 9.17) is 46.9 Å². The van der Waals surface area contributed by atoms with Crippen molar-refractivity contribution in [3.63, 3.8) is 0 Å². The third kappa shape index (κ3) is 16.7. The molecule has 0 saturated heterocycles. The summed E-state index contributed by atoms with van der Waals surface area (Å²) in [6, 6.07) is 54.8. The molecule has 8 aromatic carbocycles. The smallest absolute Gasteiger partial charge is 0.503 e. The standard InChI is InChI=1S/C94H106B2N6O8/c1-57-36-40-76-74(42-57)99-89(105-76)73(54-97)87-82-83(86(101(87)95-107-78-46-63-26-20-21-27-64(63)47-79(78)108-95)68-31-25-33-72(45-68)104-56-70(62(6)53-94(16,17)18)39-35-60(4)51-92(10,11)12)88(84(98-19)90-100-75-43-58(2)37-41-77(75)106-90)102(96-109-80-48-65-28-22-23-29-66(65)49-81(80)110-96)85(82)67-30-24-32-71(44-67)103-55-69(61(5)52-93(13,14)15)38-34-59(3)50-91(7,8)9/h20-33,36-37,40-49,59-62,69-70H,34-35,38-39,50-53,55-56H2,1-18H3/b87-73-,88-84+. The summed E-state index contributed by atoms with van der Waals surface area (Å²) in [5.41, 5.74) is 6.98. The van der Waals surface area contributed by atoms with Crippen molar-refractivity contribution in [2.24, 2.45) is 57.2 Å². The lowest BCUT2D eigenvalue weighted by Crippen LogP contribution is -2.44. The summed E-state index contributed by atoms with van der Waals surface area (Å²) < 4.78 is 61.5. The normalized spacial score (nSPS) is 15.5. The SMILES string of the molecule is [C-]#[N+]/C(c1nc2cc(C)ccc2o1)=c1\c2c(-c3cccc(OCC(CCC(C)CC(C)(C)C)C(C)CC(C)(C)C)c3)n(B3Oc4cc5ccccc5cc4O3)/c(=C(/C#N)c3nc4cc(C)ccc4o3)c2c(-c2cccc(OCC(CCC(C)CC(C)(C)C)C(C)CC(C)(C)C)c2)n1B1Oc2cc3ccccc3cc2O1. The van der Waals surface area contributed by atoms with E-state index in [1.165, 1.54) is 0 Å². The van der Waals surface area contributed by atoms with Crippen LogP contribution in [0.25, 0.3) is 93.1 Å². The number of fused-ring (bicyclic) bond motifs is 7. The second kappa shape index (κ2) is 30.5. The summed E-state index contributed by atoms with van der Waals surface area (Å²) in [5, 5.41) is 18.0. The Morgan fingerprint density at radius 2 is 0.855 bits per heavy atom. The number of rotatable bonds is 24. The van der Waals surface area contributed by atoms with Gasteiger partial charge in [0.25, 0.3) is 5.70 Å². The van der Waals surface area contributed by atoms with Gasteiger partial charge < -0.3 is 45.9 Å². The number of ether oxygens (including phenoxy) is 2. The van der Waals surface area contributed by atoms with Crippen molar-refractivity contribution in [3.05, 3.63) is 203 Å². The van der Waals surface area contributed by atoms with Crippen LogP contribution in [0.4, 0.5) is 0 Å². The second-order valence-corrected chi connectivity index (χ2v) is 36.8. The molecule has 4 aromatic heterocycles. The van der Waals surface area contributed by atoms with Crippen LogP contribution in [-0.4, -0.2) is 46.6 Å². The van der Waals surface area contributed by atoms with Gasteiger partial charge >= 0.3 is 14.5 Å². The molecule has 6 unspecified atom stereocenters. The Balaban J connectivity index is 1.09. The average Bonchev–Trinajstić information content (AvgIpc) is 1.52. The minimum atomic E-state index is -1.32. The van der Waals surface area contributed by atoms with E-state index in [0.717, 1.165) is 84.0 Å². The zero-order chi connectivity index (χ0) is 77.9. The molecular formula is C94H106B2N6O8. The highest BCUT2D eigenvalue weighted by Crippen LogP contribution is 2.46. The fraction of sp³-hybridized carbons (Fsp3) is 0.404. The number of benzene rings is 8. The van der Waals surface area contributed by atoms with Gasteiger partial charge in [0, 0.05) is 21.9 Å². The molecule has 12 aromatic rings. The first-order valence-electron chi connectivity index (χ1n) is 39.6. The topological polar surface area (TPSA) is 145 Å². The molecule has 0 amide bonds. The van der Waals surface area contributed by atoms with E-state index in [1.54, 1.807) is 0 Å². The highest BCUT2D eigenvalue weighted by molar-refractivity contribution is 6.49. The Kier molecular flexibility index (Phi) is 21.2. The summed E-state index contributed by atoms with van der Waals surface area (Å²) in [6.07, 6.45) is 8.47. The molecular weight excluding hydrogens is 1360 g/mol. The van der Waals surface area contributed by atoms with Gasteiger partial charge in [-0.15, -0.1) is 0 Å². The molecule has 0 aliphatic carbocycles. The highest BCUT2D eigenvalue weighted by Gasteiger charge is 2.46. The van der Waals surface area contributed by atoms with Crippen LogP contribution in [0.2, 0.25) is 0 Å². The van der Waals surface area contributed by atoms with Gasteiger partial charge in [0.15, 0.2) is 11.2 Å².